The second-order valence-corrected chi connectivity index (χ2v) is 5.41. The average molecular weight is 304 g/mol. The molecule has 0 amide bonds. The minimum absolute atomic E-state index is 0.151. The zero-order valence-corrected chi connectivity index (χ0v) is 13.2. The highest BCUT2D eigenvalue weighted by molar-refractivity contribution is 5.85. The Labute approximate surface area is 129 Å². The third kappa shape index (κ3) is 2.30. The number of aryl methyl sites for hydroxylation is 1. The van der Waals surface area contributed by atoms with Crippen LogP contribution in [0.2, 0.25) is 0 Å². The first-order valence-corrected chi connectivity index (χ1v) is 7.44. The number of ether oxygens (including phenoxy) is 4. The van der Waals surface area contributed by atoms with Crippen LogP contribution in [0.1, 0.15) is 36.8 Å². The maximum Gasteiger partial charge on any atom is 0.311 e. The summed E-state index contributed by atoms with van der Waals surface area (Å²) in [6.07, 6.45) is 3.65. The summed E-state index contributed by atoms with van der Waals surface area (Å²) in [5.41, 5.74) is 3.21. The molecule has 0 aromatic heterocycles. The second-order valence-electron chi connectivity index (χ2n) is 5.41. The number of hydrogen-bond donors (Lipinski definition) is 0. The molecule has 0 atom stereocenters. The second kappa shape index (κ2) is 5.91. The molecule has 1 heterocycles. The average Bonchev–Trinajstić information content (AvgIpc) is 2.71. The van der Waals surface area contributed by atoms with Crippen molar-refractivity contribution in [2.45, 2.75) is 32.1 Å². The number of methoxy groups -OCH3 is 3. The van der Waals surface area contributed by atoms with Gasteiger partial charge in [-0.3, -0.25) is 4.79 Å². The van der Waals surface area contributed by atoms with E-state index in [9.17, 15) is 4.79 Å². The summed E-state index contributed by atoms with van der Waals surface area (Å²) in [6.45, 7) is 0. The van der Waals surface area contributed by atoms with Gasteiger partial charge in [0.2, 0.25) is 5.75 Å². The fraction of sp³-hybridized carbons (Fsp3) is 0.471. The van der Waals surface area contributed by atoms with Gasteiger partial charge in [-0.15, -0.1) is 0 Å². The molecule has 0 unspecified atom stereocenters. The number of carbonyl (C=O) groups is 1. The highest BCUT2D eigenvalue weighted by Crippen LogP contribution is 2.49. The van der Waals surface area contributed by atoms with Crippen molar-refractivity contribution in [2.75, 3.05) is 21.3 Å². The standard InChI is InChI=1S/C17H20O5/c1-19-13-9-10-5-4-6-12-11(7-8-14(18)22-12)15(10)17(21-3)16(13)20-2/h9H,4-8H2,1-3H3. The molecule has 0 radical (unpaired) electrons. The van der Waals surface area contributed by atoms with Crippen molar-refractivity contribution in [3.8, 4) is 17.2 Å². The SMILES string of the molecule is COc1cc2c(c(OC)c1OC)C1=C(CCC2)OC(=O)CC1. The third-order valence-corrected chi connectivity index (χ3v) is 4.22. The van der Waals surface area contributed by atoms with Crippen LogP contribution in [0.25, 0.3) is 5.57 Å². The fourth-order valence-electron chi connectivity index (χ4n) is 3.26. The maximum atomic E-state index is 11.6. The van der Waals surface area contributed by atoms with E-state index in [1.807, 2.05) is 6.07 Å². The number of carbonyl (C=O) groups excluding carboxylic acids is 1. The van der Waals surface area contributed by atoms with Gasteiger partial charge in [0.1, 0.15) is 5.76 Å². The Hall–Kier alpha value is -2.17. The Morgan fingerprint density at radius 3 is 2.41 bits per heavy atom. The van der Waals surface area contributed by atoms with Gasteiger partial charge in [0, 0.05) is 17.6 Å². The van der Waals surface area contributed by atoms with Crippen molar-refractivity contribution in [1.82, 2.24) is 0 Å². The minimum Gasteiger partial charge on any atom is -0.493 e. The molecule has 118 valence electrons. The van der Waals surface area contributed by atoms with E-state index in [1.165, 1.54) is 0 Å². The molecule has 3 rings (SSSR count). The van der Waals surface area contributed by atoms with Gasteiger partial charge < -0.3 is 18.9 Å². The van der Waals surface area contributed by atoms with Gasteiger partial charge in [-0.2, -0.15) is 0 Å². The lowest BCUT2D eigenvalue weighted by atomic mass is 9.92. The molecule has 22 heavy (non-hydrogen) atoms. The normalized spacial score (nSPS) is 17.1. The van der Waals surface area contributed by atoms with Crippen molar-refractivity contribution in [2.24, 2.45) is 0 Å². The lowest BCUT2D eigenvalue weighted by Gasteiger charge is -2.23. The largest absolute Gasteiger partial charge is 0.493 e. The summed E-state index contributed by atoms with van der Waals surface area (Å²) < 4.78 is 22.0. The molecule has 2 aliphatic rings. The van der Waals surface area contributed by atoms with Gasteiger partial charge in [-0.1, -0.05) is 0 Å². The topological polar surface area (TPSA) is 54.0 Å². The monoisotopic (exact) mass is 304 g/mol. The fourth-order valence-corrected chi connectivity index (χ4v) is 3.26. The van der Waals surface area contributed by atoms with E-state index in [-0.39, 0.29) is 5.97 Å². The van der Waals surface area contributed by atoms with Gasteiger partial charge in [-0.05, 0) is 30.9 Å². The number of hydrogen-bond acceptors (Lipinski definition) is 5. The molecule has 0 saturated heterocycles. The van der Waals surface area contributed by atoms with Gasteiger partial charge in [0.05, 0.1) is 27.8 Å². The maximum absolute atomic E-state index is 11.6. The summed E-state index contributed by atoms with van der Waals surface area (Å²) in [5.74, 6) is 2.52. The quantitative estimate of drug-likeness (QED) is 0.803. The smallest absolute Gasteiger partial charge is 0.311 e. The van der Waals surface area contributed by atoms with Crippen molar-refractivity contribution >= 4 is 11.5 Å². The van der Waals surface area contributed by atoms with Crippen LogP contribution in [0.4, 0.5) is 0 Å². The van der Waals surface area contributed by atoms with E-state index in [1.54, 1.807) is 21.3 Å². The molecule has 1 aliphatic heterocycles. The van der Waals surface area contributed by atoms with Crippen molar-refractivity contribution in [3.63, 3.8) is 0 Å². The first-order valence-electron chi connectivity index (χ1n) is 7.44. The van der Waals surface area contributed by atoms with Crippen LogP contribution in [0.15, 0.2) is 11.8 Å². The number of allylic oxidation sites excluding steroid dienone is 2. The van der Waals surface area contributed by atoms with E-state index in [0.717, 1.165) is 41.7 Å². The number of rotatable bonds is 3. The van der Waals surface area contributed by atoms with Crippen molar-refractivity contribution in [3.05, 3.63) is 23.0 Å². The first-order chi connectivity index (χ1) is 10.7. The highest BCUT2D eigenvalue weighted by atomic mass is 16.5. The van der Waals surface area contributed by atoms with Crippen LogP contribution in [0, 0.1) is 0 Å². The van der Waals surface area contributed by atoms with Crippen LogP contribution in [0.5, 0.6) is 17.2 Å². The van der Waals surface area contributed by atoms with E-state index in [0.29, 0.717) is 30.1 Å². The lowest BCUT2D eigenvalue weighted by Crippen LogP contribution is -2.13. The molecule has 5 nitrogen and oxygen atoms in total. The summed E-state index contributed by atoms with van der Waals surface area (Å²) in [4.78, 5) is 11.6. The van der Waals surface area contributed by atoms with Crippen LogP contribution in [-0.4, -0.2) is 27.3 Å². The van der Waals surface area contributed by atoms with Crippen molar-refractivity contribution in [1.29, 1.82) is 0 Å². The molecular formula is C17H20O5. The highest BCUT2D eigenvalue weighted by Gasteiger charge is 2.30. The molecule has 1 aliphatic carbocycles. The summed E-state index contributed by atoms with van der Waals surface area (Å²) in [5, 5.41) is 0. The summed E-state index contributed by atoms with van der Waals surface area (Å²) in [7, 11) is 4.84. The summed E-state index contributed by atoms with van der Waals surface area (Å²) >= 11 is 0. The van der Waals surface area contributed by atoms with Gasteiger partial charge in [0.25, 0.3) is 0 Å². The van der Waals surface area contributed by atoms with Gasteiger partial charge in [0.15, 0.2) is 11.5 Å². The van der Waals surface area contributed by atoms with Crippen LogP contribution in [0.3, 0.4) is 0 Å². The van der Waals surface area contributed by atoms with E-state index in [4.69, 9.17) is 18.9 Å². The van der Waals surface area contributed by atoms with Crippen LogP contribution in [-0.2, 0) is 16.0 Å². The molecule has 0 N–H and O–H groups in total. The zero-order valence-electron chi connectivity index (χ0n) is 13.2. The molecule has 1 aromatic rings. The van der Waals surface area contributed by atoms with Gasteiger partial charge >= 0.3 is 5.97 Å². The van der Waals surface area contributed by atoms with Crippen LogP contribution >= 0.6 is 0 Å². The predicted molar refractivity (Wildman–Crippen MR) is 81.3 cm³/mol. The number of benzene rings is 1. The minimum atomic E-state index is -0.151. The zero-order chi connectivity index (χ0) is 15.7. The van der Waals surface area contributed by atoms with E-state index in [2.05, 4.69) is 0 Å². The third-order valence-electron chi connectivity index (χ3n) is 4.22. The Morgan fingerprint density at radius 1 is 0.955 bits per heavy atom. The molecule has 0 bridgehead atoms. The molecule has 0 saturated carbocycles. The molecule has 1 aromatic carbocycles. The molecule has 0 fully saturated rings. The summed E-state index contributed by atoms with van der Waals surface area (Å²) in [6, 6.07) is 2.00. The Kier molecular flexibility index (Phi) is 3.96. The van der Waals surface area contributed by atoms with Crippen molar-refractivity contribution < 1.29 is 23.7 Å². The number of fused-ring (bicyclic) bond motifs is 2. The Balaban J connectivity index is 2.26. The Morgan fingerprint density at radius 2 is 1.73 bits per heavy atom. The van der Waals surface area contributed by atoms with Gasteiger partial charge in [-0.25, -0.2) is 0 Å². The predicted octanol–water partition coefficient (Wildman–Crippen LogP) is 3.10. The number of esters is 1. The molecular weight excluding hydrogens is 284 g/mol. The Bertz CT molecular complexity index is 645. The molecule has 0 spiro atoms. The first kappa shape index (κ1) is 14.8. The van der Waals surface area contributed by atoms with E-state index >= 15 is 0 Å². The molecule has 5 heteroatoms. The van der Waals surface area contributed by atoms with E-state index < -0.39 is 0 Å². The van der Waals surface area contributed by atoms with Crippen LogP contribution < -0.4 is 14.2 Å². The lowest BCUT2D eigenvalue weighted by molar-refractivity contribution is -0.140.